The summed E-state index contributed by atoms with van der Waals surface area (Å²) >= 11 is 5.73. The van der Waals surface area contributed by atoms with Crippen LogP contribution >= 0.6 is 11.6 Å². The van der Waals surface area contributed by atoms with Crippen LogP contribution in [0.25, 0.3) is 0 Å². The highest BCUT2D eigenvalue weighted by Crippen LogP contribution is 2.06. The first kappa shape index (κ1) is 11.8. The standard InChI is InChI=1S/C11H17ClN4/c1-2-16-6-5-13-11(16)15-8-9-3-4-10(12)14-7-9/h3-4,7,11,13,15H,2,5-6,8H2,1H3. The molecule has 0 bridgehead atoms. The molecule has 0 amide bonds. The van der Waals surface area contributed by atoms with Gasteiger partial charge >= 0.3 is 0 Å². The zero-order chi connectivity index (χ0) is 11.4. The van der Waals surface area contributed by atoms with Crippen molar-refractivity contribution in [3.8, 4) is 0 Å². The van der Waals surface area contributed by atoms with Crippen molar-refractivity contribution in [2.24, 2.45) is 0 Å². The average Bonchev–Trinajstić information content (AvgIpc) is 2.76. The number of hydrogen-bond donors (Lipinski definition) is 2. The summed E-state index contributed by atoms with van der Waals surface area (Å²) in [5.41, 5.74) is 1.15. The van der Waals surface area contributed by atoms with Gasteiger partial charge in [-0.1, -0.05) is 24.6 Å². The fourth-order valence-electron chi connectivity index (χ4n) is 1.87. The Morgan fingerprint density at radius 3 is 3.19 bits per heavy atom. The minimum atomic E-state index is 0.278. The zero-order valence-corrected chi connectivity index (χ0v) is 10.2. The lowest BCUT2D eigenvalue weighted by atomic mass is 10.3. The summed E-state index contributed by atoms with van der Waals surface area (Å²) in [6.45, 7) is 6.19. The van der Waals surface area contributed by atoms with Gasteiger partial charge in [-0.3, -0.25) is 15.5 Å². The number of halogens is 1. The molecule has 0 aliphatic carbocycles. The Balaban J connectivity index is 1.85. The summed E-state index contributed by atoms with van der Waals surface area (Å²) in [7, 11) is 0. The molecule has 4 nitrogen and oxygen atoms in total. The number of nitrogens with one attached hydrogen (secondary N) is 2. The second-order valence-corrected chi connectivity index (χ2v) is 4.24. The van der Waals surface area contributed by atoms with Crippen LogP contribution in [-0.2, 0) is 6.54 Å². The summed E-state index contributed by atoms with van der Waals surface area (Å²) < 4.78 is 0. The Kier molecular flexibility index (Phi) is 4.12. The Hall–Kier alpha value is -0.680. The van der Waals surface area contributed by atoms with E-state index in [1.807, 2.05) is 12.1 Å². The molecular formula is C11H17ClN4. The predicted octanol–water partition coefficient (Wildman–Crippen LogP) is 1.03. The molecule has 5 heteroatoms. The third-order valence-electron chi connectivity index (χ3n) is 2.80. The van der Waals surface area contributed by atoms with E-state index in [4.69, 9.17) is 11.6 Å². The Morgan fingerprint density at radius 1 is 1.62 bits per heavy atom. The highest BCUT2D eigenvalue weighted by molar-refractivity contribution is 6.29. The van der Waals surface area contributed by atoms with Crippen molar-refractivity contribution in [2.45, 2.75) is 19.8 Å². The van der Waals surface area contributed by atoms with E-state index in [9.17, 15) is 0 Å². The normalized spacial score (nSPS) is 21.5. The number of rotatable bonds is 4. The molecule has 2 rings (SSSR count). The van der Waals surface area contributed by atoms with E-state index in [-0.39, 0.29) is 6.29 Å². The molecule has 2 N–H and O–H groups in total. The maximum Gasteiger partial charge on any atom is 0.129 e. The Bertz CT molecular complexity index is 327. The van der Waals surface area contributed by atoms with Crippen LogP contribution < -0.4 is 10.6 Å². The molecule has 1 atom stereocenters. The number of hydrogen-bond acceptors (Lipinski definition) is 4. The largest absolute Gasteiger partial charge is 0.288 e. The van der Waals surface area contributed by atoms with Crippen LogP contribution in [0.3, 0.4) is 0 Å². The molecule has 1 unspecified atom stereocenters. The number of pyridine rings is 1. The molecule has 0 aromatic carbocycles. The summed E-state index contributed by atoms with van der Waals surface area (Å²) in [6.07, 6.45) is 2.08. The highest BCUT2D eigenvalue weighted by atomic mass is 35.5. The van der Waals surface area contributed by atoms with Gasteiger partial charge in [0.2, 0.25) is 0 Å². The minimum Gasteiger partial charge on any atom is -0.288 e. The van der Waals surface area contributed by atoms with Crippen LogP contribution in [0.2, 0.25) is 5.15 Å². The van der Waals surface area contributed by atoms with Crippen molar-refractivity contribution in [2.75, 3.05) is 19.6 Å². The summed E-state index contributed by atoms with van der Waals surface area (Å²) in [4.78, 5) is 6.42. The summed E-state index contributed by atoms with van der Waals surface area (Å²) in [5, 5.41) is 7.40. The number of nitrogens with zero attached hydrogens (tertiary/aromatic N) is 2. The second kappa shape index (κ2) is 5.59. The topological polar surface area (TPSA) is 40.2 Å². The van der Waals surface area contributed by atoms with E-state index < -0.39 is 0 Å². The molecule has 1 aliphatic rings. The second-order valence-electron chi connectivity index (χ2n) is 3.86. The van der Waals surface area contributed by atoms with Crippen molar-refractivity contribution in [3.63, 3.8) is 0 Å². The van der Waals surface area contributed by atoms with E-state index >= 15 is 0 Å². The first-order valence-electron chi connectivity index (χ1n) is 5.61. The van der Waals surface area contributed by atoms with Gasteiger partial charge in [0.1, 0.15) is 11.4 Å². The quantitative estimate of drug-likeness (QED) is 0.772. The smallest absolute Gasteiger partial charge is 0.129 e. The van der Waals surface area contributed by atoms with E-state index in [2.05, 4.69) is 27.4 Å². The van der Waals surface area contributed by atoms with Crippen molar-refractivity contribution in [1.29, 1.82) is 0 Å². The number of aromatic nitrogens is 1. The van der Waals surface area contributed by atoms with Crippen LogP contribution in [0.4, 0.5) is 0 Å². The van der Waals surface area contributed by atoms with Gasteiger partial charge in [0.25, 0.3) is 0 Å². The van der Waals surface area contributed by atoms with Gasteiger partial charge in [0.05, 0.1) is 0 Å². The van der Waals surface area contributed by atoms with Gasteiger partial charge in [0.15, 0.2) is 0 Å². The molecule has 1 aromatic rings. The van der Waals surface area contributed by atoms with E-state index in [1.54, 1.807) is 6.20 Å². The molecule has 2 heterocycles. The van der Waals surface area contributed by atoms with Crippen LogP contribution in [0, 0.1) is 0 Å². The van der Waals surface area contributed by atoms with Crippen molar-refractivity contribution >= 4 is 11.6 Å². The van der Waals surface area contributed by atoms with Crippen molar-refractivity contribution in [1.82, 2.24) is 20.5 Å². The molecule has 0 radical (unpaired) electrons. The maximum absolute atomic E-state index is 5.73. The molecule has 1 saturated heterocycles. The van der Waals surface area contributed by atoms with Crippen molar-refractivity contribution < 1.29 is 0 Å². The molecule has 1 aromatic heterocycles. The third kappa shape index (κ3) is 2.92. The molecular weight excluding hydrogens is 224 g/mol. The van der Waals surface area contributed by atoms with Crippen LogP contribution in [-0.4, -0.2) is 35.8 Å². The van der Waals surface area contributed by atoms with Crippen LogP contribution in [0.15, 0.2) is 18.3 Å². The lowest BCUT2D eigenvalue weighted by molar-refractivity contribution is 0.212. The average molecular weight is 241 g/mol. The van der Waals surface area contributed by atoms with Gasteiger partial charge in [0, 0.05) is 25.8 Å². The van der Waals surface area contributed by atoms with Crippen LogP contribution in [0.5, 0.6) is 0 Å². The SMILES string of the molecule is CCN1CCNC1NCc1ccc(Cl)nc1. The van der Waals surface area contributed by atoms with Crippen molar-refractivity contribution in [3.05, 3.63) is 29.0 Å². The van der Waals surface area contributed by atoms with Gasteiger partial charge in [-0.2, -0.15) is 0 Å². The zero-order valence-electron chi connectivity index (χ0n) is 9.41. The Morgan fingerprint density at radius 2 is 2.50 bits per heavy atom. The lowest BCUT2D eigenvalue weighted by Gasteiger charge is -2.23. The maximum atomic E-state index is 5.73. The predicted molar refractivity (Wildman–Crippen MR) is 65.1 cm³/mol. The fourth-order valence-corrected chi connectivity index (χ4v) is 1.98. The fraction of sp³-hybridized carbons (Fsp3) is 0.545. The van der Waals surface area contributed by atoms with E-state index in [1.165, 1.54) is 0 Å². The molecule has 0 saturated carbocycles. The monoisotopic (exact) mass is 240 g/mol. The van der Waals surface area contributed by atoms with E-state index in [0.717, 1.165) is 31.7 Å². The van der Waals surface area contributed by atoms with Gasteiger partial charge < -0.3 is 0 Å². The summed E-state index contributed by atoms with van der Waals surface area (Å²) in [5.74, 6) is 0. The highest BCUT2D eigenvalue weighted by Gasteiger charge is 2.20. The third-order valence-corrected chi connectivity index (χ3v) is 3.02. The van der Waals surface area contributed by atoms with Gasteiger partial charge in [-0.15, -0.1) is 0 Å². The van der Waals surface area contributed by atoms with E-state index in [0.29, 0.717) is 5.15 Å². The summed E-state index contributed by atoms with van der Waals surface area (Å²) in [6, 6.07) is 3.81. The van der Waals surface area contributed by atoms with Gasteiger partial charge in [-0.05, 0) is 18.2 Å². The first-order chi connectivity index (χ1) is 7.79. The van der Waals surface area contributed by atoms with Crippen LogP contribution in [0.1, 0.15) is 12.5 Å². The molecule has 16 heavy (non-hydrogen) atoms. The molecule has 1 fully saturated rings. The first-order valence-corrected chi connectivity index (χ1v) is 5.98. The Labute approximate surface area is 101 Å². The lowest BCUT2D eigenvalue weighted by Crippen LogP contribution is -2.47. The minimum absolute atomic E-state index is 0.278. The molecule has 88 valence electrons. The molecule has 0 spiro atoms. The number of likely N-dealkylation sites (N-methyl/N-ethyl adjacent to an activating group) is 1. The van der Waals surface area contributed by atoms with Gasteiger partial charge in [-0.25, -0.2) is 4.98 Å². The molecule has 1 aliphatic heterocycles.